The van der Waals surface area contributed by atoms with Crippen LogP contribution in [0.4, 0.5) is 4.79 Å². The smallest absolute Gasteiger partial charge is 0.417 e. The van der Waals surface area contributed by atoms with Gasteiger partial charge in [-0.05, 0) is 66.6 Å². The van der Waals surface area contributed by atoms with Crippen LogP contribution in [0.15, 0.2) is 40.9 Å². The van der Waals surface area contributed by atoms with Crippen molar-refractivity contribution >= 4 is 33.7 Å². The highest BCUT2D eigenvalue weighted by Gasteiger charge is 2.55. The summed E-state index contributed by atoms with van der Waals surface area (Å²) in [6.45, 7) is 7.29. The van der Waals surface area contributed by atoms with Gasteiger partial charge in [-0.1, -0.05) is 44.2 Å². The number of rotatable bonds is 9. The zero-order valence-electron chi connectivity index (χ0n) is 20.6. The second-order valence-electron chi connectivity index (χ2n) is 10.1. The Morgan fingerprint density at radius 2 is 1.83 bits per heavy atom. The number of imide groups is 1. The molecule has 2 aliphatic rings. The summed E-state index contributed by atoms with van der Waals surface area (Å²) in [6.07, 6.45) is 0.308. The normalized spacial score (nSPS) is 27.1. The van der Waals surface area contributed by atoms with Crippen molar-refractivity contribution in [1.82, 2.24) is 4.90 Å². The van der Waals surface area contributed by atoms with Gasteiger partial charge in [-0.15, -0.1) is 0 Å². The number of benzene rings is 1. The van der Waals surface area contributed by atoms with E-state index in [1.165, 1.54) is 6.08 Å². The summed E-state index contributed by atoms with van der Waals surface area (Å²) in [5.74, 6) is -4.05. The van der Waals surface area contributed by atoms with Crippen LogP contribution in [-0.4, -0.2) is 63.0 Å². The van der Waals surface area contributed by atoms with Crippen LogP contribution < -0.4 is 0 Å². The van der Waals surface area contributed by atoms with Crippen molar-refractivity contribution in [3.63, 3.8) is 0 Å². The van der Waals surface area contributed by atoms with Gasteiger partial charge in [-0.3, -0.25) is 9.59 Å². The lowest BCUT2D eigenvalue weighted by Gasteiger charge is -2.39. The van der Waals surface area contributed by atoms with Gasteiger partial charge in [0.2, 0.25) is 5.91 Å². The first kappa shape index (κ1) is 27.5. The van der Waals surface area contributed by atoms with Crippen molar-refractivity contribution in [2.24, 2.45) is 11.8 Å². The van der Waals surface area contributed by atoms with Crippen LogP contribution >= 0.6 is 15.9 Å². The van der Waals surface area contributed by atoms with Gasteiger partial charge < -0.3 is 19.7 Å². The van der Waals surface area contributed by atoms with Crippen LogP contribution in [0.5, 0.6) is 0 Å². The van der Waals surface area contributed by atoms with Gasteiger partial charge in [0, 0.05) is 13.0 Å². The zero-order chi connectivity index (χ0) is 26.0. The predicted octanol–water partition coefficient (Wildman–Crippen LogP) is 3.73. The molecule has 0 radical (unpaired) electrons. The average molecular weight is 552 g/mol. The number of unbranched alkanes of at least 4 members (excludes halogenated alkanes) is 1. The number of ketones is 1. The molecule has 0 aromatic heterocycles. The second-order valence-corrected chi connectivity index (χ2v) is 10.9. The number of hydrogen-bond acceptors (Lipinski definition) is 7. The van der Waals surface area contributed by atoms with Gasteiger partial charge in [0.05, 0.1) is 16.4 Å². The number of amides is 2. The quantitative estimate of drug-likeness (QED) is 0.449. The Kier molecular flexibility index (Phi) is 8.57. The molecule has 1 fully saturated rings. The third-order valence-corrected chi connectivity index (χ3v) is 7.40. The molecule has 0 aliphatic carbocycles. The van der Waals surface area contributed by atoms with Gasteiger partial charge in [0.15, 0.2) is 11.6 Å². The minimum absolute atomic E-state index is 0.0433. The van der Waals surface area contributed by atoms with Crippen molar-refractivity contribution in [1.29, 1.82) is 0 Å². The first-order chi connectivity index (χ1) is 16.4. The Labute approximate surface area is 214 Å². The summed E-state index contributed by atoms with van der Waals surface area (Å²) in [7, 11) is 0. The Bertz CT molecular complexity index is 977. The van der Waals surface area contributed by atoms with Crippen molar-refractivity contribution in [3.05, 3.63) is 46.5 Å². The second kappa shape index (κ2) is 10.9. The molecule has 2 N–H and O–H groups in total. The fraction of sp³-hybridized carbons (Fsp3) is 0.577. The minimum Gasteiger partial charge on any atom is -0.441 e. The van der Waals surface area contributed by atoms with E-state index in [2.05, 4.69) is 15.9 Å². The maximum atomic E-state index is 14.0. The molecule has 0 spiro atoms. The number of aliphatic hydroxyl groups is 2. The SMILES string of the molecule is CC(C)[C@H]1N(C(=O)[C@H](Cc2ccccc2)[C@H]2O[C@@](O)(CCCCO)C(Br)=CC2=O)C(=O)OC1(C)C. The summed E-state index contributed by atoms with van der Waals surface area (Å²) in [5, 5.41) is 20.3. The molecular formula is C26H34BrNO7. The molecule has 1 saturated heterocycles. The molecule has 8 nitrogen and oxygen atoms in total. The number of carbonyl (C=O) groups excluding carboxylic acids is 3. The fourth-order valence-electron chi connectivity index (χ4n) is 5.04. The molecule has 1 aromatic carbocycles. The maximum absolute atomic E-state index is 14.0. The van der Waals surface area contributed by atoms with Crippen molar-refractivity contribution in [2.75, 3.05) is 6.61 Å². The topological polar surface area (TPSA) is 113 Å². The van der Waals surface area contributed by atoms with Crippen LogP contribution in [0, 0.1) is 11.8 Å². The standard InChI is InChI=1S/C26H34BrNO7/c1-16(2)22-25(3,4)35-24(32)28(22)23(31)18(14-17-10-6-5-7-11-17)21-19(30)15-20(27)26(33,34-21)12-8-9-13-29/h5-7,10-11,15-16,18,21-22,29,33H,8-9,12-14H2,1-4H3/t18-,21-,22-,26+/m1/s1. The lowest BCUT2D eigenvalue weighted by molar-refractivity contribution is -0.218. The van der Waals surface area contributed by atoms with E-state index in [1.807, 2.05) is 44.2 Å². The van der Waals surface area contributed by atoms with Gasteiger partial charge in [0.25, 0.3) is 0 Å². The van der Waals surface area contributed by atoms with E-state index in [4.69, 9.17) is 14.6 Å². The molecule has 35 heavy (non-hydrogen) atoms. The molecule has 0 saturated carbocycles. The highest BCUT2D eigenvalue weighted by molar-refractivity contribution is 9.11. The number of carbonyl (C=O) groups is 3. The monoisotopic (exact) mass is 551 g/mol. The number of nitrogens with zero attached hydrogens (tertiary/aromatic N) is 1. The lowest BCUT2D eigenvalue weighted by atomic mass is 9.85. The van der Waals surface area contributed by atoms with Gasteiger partial charge >= 0.3 is 6.09 Å². The molecule has 0 unspecified atom stereocenters. The molecule has 2 heterocycles. The third kappa shape index (κ3) is 5.85. The maximum Gasteiger partial charge on any atom is 0.417 e. The number of hydrogen-bond donors (Lipinski definition) is 2. The average Bonchev–Trinajstić information content (AvgIpc) is 3.03. The third-order valence-electron chi connectivity index (χ3n) is 6.56. The summed E-state index contributed by atoms with van der Waals surface area (Å²) in [5.41, 5.74) is -0.114. The molecule has 4 atom stereocenters. The molecule has 9 heteroatoms. The molecule has 3 rings (SSSR count). The lowest BCUT2D eigenvalue weighted by Crippen LogP contribution is -2.55. The summed E-state index contributed by atoms with van der Waals surface area (Å²) < 4.78 is 11.7. The summed E-state index contributed by atoms with van der Waals surface area (Å²) in [6, 6.07) is 8.62. The molecule has 1 aromatic rings. The van der Waals surface area contributed by atoms with Crippen LogP contribution in [0.2, 0.25) is 0 Å². The van der Waals surface area contributed by atoms with Crippen LogP contribution in [-0.2, 0) is 25.5 Å². The first-order valence-electron chi connectivity index (χ1n) is 11.9. The predicted molar refractivity (Wildman–Crippen MR) is 132 cm³/mol. The zero-order valence-corrected chi connectivity index (χ0v) is 22.2. The number of cyclic esters (lactones) is 1. The molecule has 2 aliphatic heterocycles. The van der Waals surface area contributed by atoms with E-state index < -0.39 is 47.2 Å². The Morgan fingerprint density at radius 3 is 2.43 bits per heavy atom. The van der Waals surface area contributed by atoms with Gasteiger partial charge in [-0.2, -0.15) is 0 Å². The molecule has 2 amide bonds. The van der Waals surface area contributed by atoms with E-state index in [-0.39, 0.29) is 29.8 Å². The van der Waals surface area contributed by atoms with E-state index in [9.17, 15) is 19.5 Å². The minimum atomic E-state index is -1.83. The Hall–Kier alpha value is -2.07. The van der Waals surface area contributed by atoms with E-state index in [1.54, 1.807) is 13.8 Å². The van der Waals surface area contributed by atoms with Crippen molar-refractivity contribution < 1.29 is 34.1 Å². The molecule has 0 bridgehead atoms. The summed E-state index contributed by atoms with van der Waals surface area (Å²) in [4.78, 5) is 41.1. The van der Waals surface area contributed by atoms with Crippen LogP contribution in [0.1, 0.15) is 52.5 Å². The van der Waals surface area contributed by atoms with Crippen LogP contribution in [0.25, 0.3) is 0 Å². The summed E-state index contributed by atoms with van der Waals surface area (Å²) >= 11 is 3.24. The largest absolute Gasteiger partial charge is 0.441 e. The van der Waals surface area contributed by atoms with Crippen LogP contribution in [0.3, 0.4) is 0 Å². The van der Waals surface area contributed by atoms with Crippen molar-refractivity contribution in [3.8, 4) is 0 Å². The Balaban J connectivity index is 2.01. The van der Waals surface area contributed by atoms with E-state index >= 15 is 0 Å². The van der Waals surface area contributed by atoms with Gasteiger partial charge in [0.1, 0.15) is 11.7 Å². The Morgan fingerprint density at radius 1 is 1.17 bits per heavy atom. The molecule has 192 valence electrons. The van der Waals surface area contributed by atoms with Gasteiger partial charge in [-0.25, -0.2) is 9.69 Å². The number of halogens is 1. The van der Waals surface area contributed by atoms with Crippen molar-refractivity contribution in [2.45, 2.75) is 76.9 Å². The highest BCUT2D eigenvalue weighted by atomic mass is 79.9. The highest BCUT2D eigenvalue weighted by Crippen LogP contribution is 2.40. The van der Waals surface area contributed by atoms with E-state index in [0.29, 0.717) is 12.8 Å². The number of aliphatic hydroxyl groups excluding tert-OH is 1. The number of ether oxygens (including phenoxy) is 2. The van der Waals surface area contributed by atoms with E-state index in [0.717, 1.165) is 10.5 Å². The first-order valence-corrected chi connectivity index (χ1v) is 12.7. The fourth-order valence-corrected chi connectivity index (χ4v) is 5.55. The molecular weight excluding hydrogens is 518 g/mol.